The van der Waals surface area contributed by atoms with Crippen molar-refractivity contribution in [3.05, 3.63) is 53.8 Å². The fourth-order valence-corrected chi connectivity index (χ4v) is 3.37. The Hall–Kier alpha value is -3.69. The van der Waals surface area contributed by atoms with Crippen molar-refractivity contribution in [3.8, 4) is 0 Å². The summed E-state index contributed by atoms with van der Waals surface area (Å²) in [5, 5.41) is 13.9. The summed E-state index contributed by atoms with van der Waals surface area (Å²) < 4.78 is 58.4. The quantitative estimate of drug-likeness (QED) is 0.345. The maximum absolute atomic E-state index is 12.2. The Labute approximate surface area is 209 Å². The molecule has 0 bridgehead atoms. The molecule has 0 saturated heterocycles. The smallest absolute Gasteiger partial charge is 0.475 e. The van der Waals surface area contributed by atoms with Crippen molar-refractivity contribution in [1.29, 1.82) is 0 Å². The molecule has 0 unspecified atom stereocenters. The van der Waals surface area contributed by atoms with E-state index < -0.39 is 22.2 Å². The van der Waals surface area contributed by atoms with Crippen molar-refractivity contribution in [2.75, 3.05) is 36.7 Å². The Kier molecular flexibility index (Phi) is 9.38. The molecule has 36 heavy (non-hydrogen) atoms. The molecule has 0 aliphatic rings. The fourth-order valence-electron chi connectivity index (χ4n) is 2.49. The Bertz CT molecular complexity index is 1310. The number of rotatable bonds is 7. The third-order valence-corrected chi connectivity index (χ3v) is 5.85. The largest absolute Gasteiger partial charge is 0.490 e. The van der Waals surface area contributed by atoms with Crippen LogP contribution in [0, 0.1) is 0 Å². The molecule has 1 aromatic heterocycles. The fraction of sp³-hybridized carbons (Fsp3) is 0.200. The van der Waals surface area contributed by atoms with Crippen molar-refractivity contribution in [3.63, 3.8) is 0 Å². The second kappa shape index (κ2) is 11.8. The number of hydrogen-bond donors (Lipinski definition) is 4. The monoisotopic (exact) mass is 547 g/mol. The number of sulfonamides is 1. The van der Waals surface area contributed by atoms with Gasteiger partial charge >= 0.3 is 12.1 Å². The van der Waals surface area contributed by atoms with Gasteiger partial charge in [-0.25, -0.2) is 27.9 Å². The van der Waals surface area contributed by atoms with Crippen molar-refractivity contribution in [2.45, 2.75) is 11.1 Å². The molecule has 3 aromatic rings. The lowest BCUT2D eigenvalue weighted by Crippen LogP contribution is -2.21. The number of halogens is 4. The van der Waals surface area contributed by atoms with Gasteiger partial charge in [0, 0.05) is 24.8 Å². The minimum atomic E-state index is -5.08. The van der Waals surface area contributed by atoms with Crippen molar-refractivity contribution >= 4 is 56.6 Å². The van der Waals surface area contributed by atoms with E-state index in [1.807, 2.05) is 19.0 Å². The molecular weight excluding hydrogens is 527 g/mol. The van der Waals surface area contributed by atoms with Crippen LogP contribution in [0.1, 0.15) is 0 Å². The number of benzene rings is 2. The predicted octanol–water partition coefficient (Wildman–Crippen LogP) is 3.62. The van der Waals surface area contributed by atoms with Gasteiger partial charge in [-0.1, -0.05) is 11.6 Å². The molecule has 16 heteroatoms. The van der Waals surface area contributed by atoms with Gasteiger partial charge in [-0.15, -0.1) is 0 Å². The summed E-state index contributed by atoms with van der Waals surface area (Å²) in [6.45, 7) is 0. The number of nitrogens with one attached hydrogen (secondary N) is 3. The maximum Gasteiger partial charge on any atom is 0.490 e. The number of alkyl halides is 3. The Morgan fingerprint density at radius 2 is 1.58 bits per heavy atom. The molecule has 0 saturated carbocycles. The molecular formula is C20H21ClF3N7O4S. The minimum Gasteiger partial charge on any atom is -0.475 e. The number of hydrogen-bond acceptors (Lipinski definition) is 9. The van der Waals surface area contributed by atoms with E-state index in [4.69, 9.17) is 21.5 Å². The summed E-state index contributed by atoms with van der Waals surface area (Å²) >= 11 is 5.90. The van der Waals surface area contributed by atoms with Gasteiger partial charge in [0.25, 0.3) is 0 Å². The van der Waals surface area contributed by atoms with E-state index in [9.17, 15) is 21.6 Å². The zero-order chi connectivity index (χ0) is 27.1. The molecule has 4 N–H and O–H groups in total. The van der Waals surface area contributed by atoms with Crippen LogP contribution in [0.2, 0.25) is 5.02 Å². The van der Waals surface area contributed by atoms with Gasteiger partial charge in [0.15, 0.2) is 0 Å². The van der Waals surface area contributed by atoms with E-state index in [0.29, 0.717) is 16.7 Å². The van der Waals surface area contributed by atoms with Gasteiger partial charge in [-0.3, -0.25) is 0 Å². The molecule has 0 amide bonds. The minimum absolute atomic E-state index is 0.127. The van der Waals surface area contributed by atoms with Crippen LogP contribution in [-0.4, -0.2) is 61.8 Å². The second-order valence-electron chi connectivity index (χ2n) is 6.97. The van der Waals surface area contributed by atoms with E-state index in [1.54, 1.807) is 30.3 Å². The zero-order valence-corrected chi connectivity index (χ0v) is 20.6. The lowest BCUT2D eigenvalue weighted by molar-refractivity contribution is -0.192. The number of anilines is 5. The molecule has 2 aromatic carbocycles. The Balaban J connectivity index is 0.000000572. The summed E-state index contributed by atoms with van der Waals surface area (Å²) in [5.41, 5.74) is 2.07. The Morgan fingerprint density at radius 1 is 1.03 bits per heavy atom. The number of carboxylic acid groups (broad SMARTS) is 1. The SMILES string of the molecule is CNS(=O)(=O)c1ccc(N(C)C)c(Nc2ncnc(Nc3ccc(Cl)cc3)n2)c1.O=C(O)C(F)(F)F. The predicted molar refractivity (Wildman–Crippen MR) is 129 cm³/mol. The summed E-state index contributed by atoms with van der Waals surface area (Å²) in [7, 11) is 1.48. The third kappa shape index (κ3) is 8.21. The first-order valence-electron chi connectivity index (χ1n) is 9.76. The third-order valence-electron chi connectivity index (χ3n) is 4.19. The van der Waals surface area contributed by atoms with Crippen LogP contribution in [0.15, 0.2) is 53.7 Å². The highest BCUT2D eigenvalue weighted by atomic mass is 35.5. The molecule has 11 nitrogen and oxygen atoms in total. The zero-order valence-electron chi connectivity index (χ0n) is 19.0. The van der Waals surface area contributed by atoms with E-state index in [-0.39, 0.29) is 10.8 Å². The Morgan fingerprint density at radius 3 is 2.08 bits per heavy atom. The summed E-state index contributed by atoms with van der Waals surface area (Å²) in [6, 6.07) is 11.9. The first-order chi connectivity index (χ1) is 16.7. The van der Waals surface area contributed by atoms with Crippen LogP contribution < -0.4 is 20.3 Å². The average molecular weight is 548 g/mol. The van der Waals surface area contributed by atoms with Crippen LogP contribution in [0.25, 0.3) is 0 Å². The van der Waals surface area contributed by atoms with E-state index in [0.717, 1.165) is 11.4 Å². The van der Waals surface area contributed by atoms with Gasteiger partial charge in [0.2, 0.25) is 21.9 Å². The summed E-state index contributed by atoms with van der Waals surface area (Å²) in [4.78, 5) is 23.4. The van der Waals surface area contributed by atoms with Crippen LogP contribution in [0.5, 0.6) is 0 Å². The van der Waals surface area contributed by atoms with Crippen molar-refractivity contribution in [1.82, 2.24) is 19.7 Å². The maximum atomic E-state index is 12.2. The van der Waals surface area contributed by atoms with E-state index in [1.165, 1.54) is 25.5 Å². The van der Waals surface area contributed by atoms with Crippen molar-refractivity contribution in [2.24, 2.45) is 0 Å². The van der Waals surface area contributed by atoms with E-state index >= 15 is 0 Å². The standard InChI is InChI=1S/C18H20ClN7O2S.C2HF3O2/c1-20-29(27,28)14-8-9-16(26(2)3)15(10-14)24-18-22-11-21-17(25-18)23-13-6-4-12(19)5-7-13;3-2(4,5)1(6)7/h4-11,20H,1-3H3,(H2,21,22,23,24,25);(H,6,7). The van der Waals surface area contributed by atoms with Gasteiger partial charge in [-0.2, -0.15) is 18.2 Å². The van der Waals surface area contributed by atoms with Crippen LogP contribution in [-0.2, 0) is 14.8 Å². The van der Waals surface area contributed by atoms with Gasteiger partial charge in [0.05, 0.1) is 16.3 Å². The van der Waals surface area contributed by atoms with Gasteiger partial charge in [0.1, 0.15) is 6.33 Å². The van der Waals surface area contributed by atoms with Gasteiger partial charge < -0.3 is 20.6 Å². The molecule has 1 heterocycles. The molecule has 0 atom stereocenters. The first-order valence-corrected chi connectivity index (χ1v) is 11.6. The highest BCUT2D eigenvalue weighted by molar-refractivity contribution is 7.89. The molecule has 0 aliphatic carbocycles. The number of aromatic nitrogens is 3. The average Bonchev–Trinajstić information content (AvgIpc) is 2.80. The van der Waals surface area contributed by atoms with Crippen LogP contribution in [0.3, 0.4) is 0 Å². The van der Waals surface area contributed by atoms with Crippen LogP contribution >= 0.6 is 11.6 Å². The number of carboxylic acids is 1. The van der Waals surface area contributed by atoms with Crippen molar-refractivity contribution < 1.29 is 31.5 Å². The highest BCUT2D eigenvalue weighted by Crippen LogP contribution is 2.29. The first kappa shape index (κ1) is 28.5. The number of nitrogens with zero attached hydrogens (tertiary/aromatic N) is 4. The van der Waals surface area contributed by atoms with Gasteiger partial charge in [-0.05, 0) is 49.5 Å². The molecule has 0 aliphatic heterocycles. The molecule has 0 spiro atoms. The summed E-state index contributed by atoms with van der Waals surface area (Å²) in [6.07, 6.45) is -3.73. The molecule has 0 radical (unpaired) electrons. The second-order valence-corrected chi connectivity index (χ2v) is 9.30. The van der Waals surface area contributed by atoms with E-state index in [2.05, 4.69) is 30.3 Å². The molecule has 194 valence electrons. The lowest BCUT2D eigenvalue weighted by atomic mass is 10.2. The number of carbonyl (C=O) groups is 1. The molecule has 0 fully saturated rings. The lowest BCUT2D eigenvalue weighted by Gasteiger charge is -2.19. The number of aliphatic carboxylic acids is 1. The highest BCUT2D eigenvalue weighted by Gasteiger charge is 2.38. The normalized spacial score (nSPS) is 11.2. The molecule has 3 rings (SSSR count). The topological polar surface area (TPSA) is 149 Å². The summed E-state index contributed by atoms with van der Waals surface area (Å²) in [5.74, 6) is -2.17. The van der Waals surface area contributed by atoms with Crippen LogP contribution in [0.4, 0.5) is 42.1 Å².